The molecule has 1 unspecified atom stereocenters. The molecule has 2 rings (SSSR count). The molecule has 0 bridgehead atoms. The molecule has 2 aliphatic heterocycles. The molecular formula is C15H26N2O5. The molecule has 7 nitrogen and oxygen atoms in total. The molecule has 2 amide bonds. The Morgan fingerprint density at radius 2 is 2.00 bits per heavy atom. The summed E-state index contributed by atoms with van der Waals surface area (Å²) in [5, 5.41) is 19.4. The fraction of sp³-hybridized carbons (Fsp3) is 0.867. The molecule has 0 aliphatic carbocycles. The minimum absolute atomic E-state index is 0.112. The number of rotatable bonds is 2. The monoisotopic (exact) mass is 314 g/mol. The summed E-state index contributed by atoms with van der Waals surface area (Å²) in [7, 11) is 0. The lowest BCUT2D eigenvalue weighted by Crippen LogP contribution is -2.62. The van der Waals surface area contributed by atoms with Crippen molar-refractivity contribution >= 4 is 12.0 Å². The summed E-state index contributed by atoms with van der Waals surface area (Å²) in [6.45, 7) is 6.15. The molecule has 7 heteroatoms. The first-order valence-electron chi connectivity index (χ1n) is 7.77. The number of carbonyl (C=O) groups excluding carboxylic acids is 2. The zero-order valence-corrected chi connectivity index (χ0v) is 13.5. The van der Waals surface area contributed by atoms with Crippen LogP contribution in [0.4, 0.5) is 4.79 Å². The van der Waals surface area contributed by atoms with Crippen molar-refractivity contribution in [3.05, 3.63) is 0 Å². The van der Waals surface area contributed by atoms with Gasteiger partial charge in [0, 0.05) is 13.1 Å². The summed E-state index contributed by atoms with van der Waals surface area (Å²) >= 11 is 0. The number of ether oxygens (including phenoxy) is 1. The number of hydrogen-bond acceptors (Lipinski definition) is 5. The van der Waals surface area contributed by atoms with Gasteiger partial charge in [-0.25, -0.2) is 4.79 Å². The van der Waals surface area contributed by atoms with Crippen LogP contribution in [0, 0.1) is 0 Å². The van der Waals surface area contributed by atoms with Gasteiger partial charge in [-0.1, -0.05) is 0 Å². The SMILES string of the molecule is CC(C)(C)OC(=O)N1CC[C@@H]1C(=O)N1CCCC(O)(CO)C1. The van der Waals surface area contributed by atoms with Crippen molar-refractivity contribution in [1.29, 1.82) is 0 Å². The number of piperidine rings is 1. The van der Waals surface area contributed by atoms with Crippen molar-refractivity contribution in [2.75, 3.05) is 26.2 Å². The van der Waals surface area contributed by atoms with E-state index in [9.17, 15) is 19.8 Å². The summed E-state index contributed by atoms with van der Waals surface area (Å²) in [4.78, 5) is 27.6. The number of carbonyl (C=O) groups is 2. The highest BCUT2D eigenvalue weighted by Gasteiger charge is 2.44. The van der Waals surface area contributed by atoms with Crippen LogP contribution in [0.25, 0.3) is 0 Å². The van der Waals surface area contributed by atoms with Gasteiger partial charge in [-0.15, -0.1) is 0 Å². The Morgan fingerprint density at radius 1 is 1.32 bits per heavy atom. The Morgan fingerprint density at radius 3 is 2.50 bits per heavy atom. The number of β-amino-alcohol motifs (C(OH)–C–C–N with tert-alkyl or cyclic N) is 1. The summed E-state index contributed by atoms with van der Waals surface area (Å²) < 4.78 is 5.30. The third kappa shape index (κ3) is 3.70. The van der Waals surface area contributed by atoms with Gasteiger partial charge in [0.2, 0.25) is 5.91 Å². The van der Waals surface area contributed by atoms with Crippen molar-refractivity contribution in [3.8, 4) is 0 Å². The molecule has 0 spiro atoms. The lowest BCUT2D eigenvalue weighted by Gasteiger charge is -2.45. The third-order valence-electron chi connectivity index (χ3n) is 4.09. The normalized spacial score (nSPS) is 29.0. The van der Waals surface area contributed by atoms with Gasteiger partial charge >= 0.3 is 6.09 Å². The predicted molar refractivity (Wildman–Crippen MR) is 79.2 cm³/mol. The van der Waals surface area contributed by atoms with Gasteiger partial charge in [-0.2, -0.15) is 0 Å². The largest absolute Gasteiger partial charge is 0.444 e. The minimum atomic E-state index is -1.23. The molecule has 0 saturated carbocycles. The number of likely N-dealkylation sites (tertiary alicyclic amines) is 2. The van der Waals surface area contributed by atoms with E-state index in [0.29, 0.717) is 32.4 Å². The summed E-state index contributed by atoms with van der Waals surface area (Å²) in [5.41, 5.74) is -1.82. The van der Waals surface area contributed by atoms with Crippen LogP contribution in [0.15, 0.2) is 0 Å². The number of amides is 2. The zero-order chi connectivity index (χ0) is 16.5. The van der Waals surface area contributed by atoms with Gasteiger partial charge in [0.05, 0.1) is 13.2 Å². The Bertz CT molecular complexity index is 448. The molecule has 0 radical (unpaired) electrons. The topological polar surface area (TPSA) is 90.3 Å². The fourth-order valence-corrected chi connectivity index (χ4v) is 2.82. The van der Waals surface area contributed by atoms with Gasteiger partial charge in [-0.3, -0.25) is 9.69 Å². The molecule has 0 aromatic heterocycles. The highest BCUT2D eigenvalue weighted by molar-refractivity contribution is 5.87. The minimum Gasteiger partial charge on any atom is -0.444 e. The van der Waals surface area contributed by atoms with E-state index < -0.39 is 23.3 Å². The fourth-order valence-electron chi connectivity index (χ4n) is 2.82. The predicted octanol–water partition coefficient (Wildman–Crippen LogP) is 0.342. The molecule has 2 fully saturated rings. The molecule has 2 heterocycles. The van der Waals surface area contributed by atoms with Crippen LogP contribution in [0.5, 0.6) is 0 Å². The van der Waals surface area contributed by atoms with Crippen LogP contribution in [0.1, 0.15) is 40.0 Å². The van der Waals surface area contributed by atoms with Gasteiger partial charge in [0.25, 0.3) is 0 Å². The Balaban J connectivity index is 1.97. The quantitative estimate of drug-likeness (QED) is 0.767. The van der Waals surface area contributed by atoms with E-state index in [1.165, 1.54) is 4.90 Å². The summed E-state index contributed by atoms with van der Waals surface area (Å²) in [6.07, 6.45) is 1.24. The number of nitrogens with zero attached hydrogens (tertiary/aromatic N) is 2. The highest BCUT2D eigenvalue weighted by Crippen LogP contribution is 2.26. The van der Waals surface area contributed by atoms with Crippen LogP contribution < -0.4 is 0 Å². The average Bonchev–Trinajstić information content (AvgIpc) is 2.35. The summed E-state index contributed by atoms with van der Waals surface area (Å²) in [5.74, 6) is -0.177. The molecule has 2 atom stereocenters. The number of aliphatic hydroxyl groups is 2. The van der Waals surface area contributed by atoms with E-state index in [-0.39, 0.29) is 19.1 Å². The second-order valence-corrected chi connectivity index (χ2v) is 7.22. The Hall–Kier alpha value is -1.34. The van der Waals surface area contributed by atoms with Crippen molar-refractivity contribution in [2.45, 2.75) is 57.3 Å². The van der Waals surface area contributed by atoms with E-state index >= 15 is 0 Å². The van der Waals surface area contributed by atoms with Crippen molar-refractivity contribution < 1.29 is 24.5 Å². The van der Waals surface area contributed by atoms with Crippen LogP contribution in [-0.2, 0) is 9.53 Å². The smallest absolute Gasteiger partial charge is 0.410 e. The van der Waals surface area contributed by atoms with E-state index in [1.54, 1.807) is 25.7 Å². The second-order valence-electron chi connectivity index (χ2n) is 7.22. The van der Waals surface area contributed by atoms with Crippen LogP contribution >= 0.6 is 0 Å². The summed E-state index contributed by atoms with van der Waals surface area (Å²) in [6, 6.07) is -0.518. The first-order chi connectivity index (χ1) is 10.2. The van der Waals surface area contributed by atoms with Crippen molar-refractivity contribution in [1.82, 2.24) is 9.80 Å². The molecule has 22 heavy (non-hydrogen) atoms. The van der Waals surface area contributed by atoms with Crippen LogP contribution in [-0.4, -0.2) is 75.5 Å². The first-order valence-corrected chi connectivity index (χ1v) is 7.77. The van der Waals surface area contributed by atoms with Crippen LogP contribution in [0.3, 0.4) is 0 Å². The van der Waals surface area contributed by atoms with Crippen molar-refractivity contribution in [2.24, 2.45) is 0 Å². The maximum absolute atomic E-state index is 12.5. The standard InChI is InChI=1S/C15H26N2O5/c1-14(2,3)22-13(20)17-8-5-11(17)12(19)16-7-4-6-15(21,9-16)10-18/h11,18,21H,4-10H2,1-3H3/t11-,15?/m1/s1. The van der Waals surface area contributed by atoms with Crippen LogP contribution in [0.2, 0.25) is 0 Å². The van der Waals surface area contributed by atoms with E-state index in [0.717, 1.165) is 0 Å². The maximum atomic E-state index is 12.5. The molecule has 0 aromatic rings. The van der Waals surface area contributed by atoms with E-state index in [2.05, 4.69) is 0 Å². The van der Waals surface area contributed by atoms with E-state index in [4.69, 9.17) is 4.74 Å². The van der Waals surface area contributed by atoms with Crippen molar-refractivity contribution in [3.63, 3.8) is 0 Å². The third-order valence-corrected chi connectivity index (χ3v) is 4.09. The second kappa shape index (κ2) is 6.04. The zero-order valence-electron chi connectivity index (χ0n) is 13.5. The molecule has 0 aromatic carbocycles. The first kappa shape index (κ1) is 17.0. The Kier molecular flexibility index (Phi) is 4.67. The van der Waals surface area contributed by atoms with Gasteiger partial charge in [-0.05, 0) is 40.0 Å². The highest BCUT2D eigenvalue weighted by atomic mass is 16.6. The lowest BCUT2D eigenvalue weighted by molar-refractivity contribution is -0.150. The average molecular weight is 314 g/mol. The Labute approximate surface area is 130 Å². The van der Waals surface area contributed by atoms with Gasteiger partial charge in [0.15, 0.2) is 0 Å². The molecule has 2 N–H and O–H groups in total. The van der Waals surface area contributed by atoms with Gasteiger partial charge < -0.3 is 19.8 Å². The molecule has 126 valence electrons. The molecular weight excluding hydrogens is 288 g/mol. The molecule has 2 aliphatic rings. The lowest BCUT2D eigenvalue weighted by atomic mass is 9.92. The molecule has 2 saturated heterocycles. The maximum Gasteiger partial charge on any atom is 0.410 e. The number of hydrogen-bond donors (Lipinski definition) is 2. The van der Waals surface area contributed by atoms with Gasteiger partial charge in [0.1, 0.15) is 17.2 Å². The number of aliphatic hydroxyl groups excluding tert-OH is 1. The van der Waals surface area contributed by atoms with E-state index in [1.807, 2.05) is 0 Å².